The lowest BCUT2D eigenvalue weighted by Crippen LogP contribution is -2.09. The molecule has 51 heavy (non-hydrogen) atoms. The summed E-state index contributed by atoms with van der Waals surface area (Å²) in [5, 5.41) is 0.916. The van der Waals surface area contributed by atoms with Crippen LogP contribution in [0.2, 0.25) is 0 Å². The maximum absolute atomic E-state index is 9.32. The van der Waals surface area contributed by atoms with E-state index in [1.807, 2.05) is 108 Å². The molecule has 5 nitrogen and oxygen atoms in total. The minimum Gasteiger partial charge on any atom is -0.436 e. The maximum atomic E-state index is 9.32. The van der Waals surface area contributed by atoms with Gasteiger partial charge in [0.2, 0.25) is 11.8 Å². The van der Waals surface area contributed by atoms with E-state index in [1.54, 1.807) is 24.3 Å². The van der Waals surface area contributed by atoms with Gasteiger partial charge in [0, 0.05) is 40.3 Å². The first kappa shape index (κ1) is 21.9. The molecule has 0 aliphatic carbocycles. The first-order valence-corrected chi connectivity index (χ1v) is 16.3. The second-order valence-corrected chi connectivity index (χ2v) is 12.1. The highest BCUT2D eigenvalue weighted by Gasteiger charge is 2.18. The van der Waals surface area contributed by atoms with Crippen LogP contribution in [0.5, 0.6) is 0 Å². The number of fused-ring (bicyclic) bond motifs is 4. The van der Waals surface area contributed by atoms with E-state index in [2.05, 4.69) is 0 Å². The van der Waals surface area contributed by atoms with Gasteiger partial charge in [-0.25, -0.2) is 9.97 Å². The number of aromatic nitrogens is 2. The van der Waals surface area contributed by atoms with Crippen LogP contribution < -0.4 is 4.90 Å². The largest absolute Gasteiger partial charge is 0.436 e. The second-order valence-electron chi connectivity index (χ2n) is 12.1. The number of hydrogen-bond acceptors (Lipinski definition) is 5. The van der Waals surface area contributed by atoms with Crippen LogP contribution in [0.15, 0.2) is 185 Å². The van der Waals surface area contributed by atoms with Crippen LogP contribution in [-0.4, -0.2) is 9.97 Å². The van der Waals surface area contributed by atoms with Gasteiger partial charge < -0.3 is 13.7 Å². The highest BCUT2D eigenvalue weighted by molar-refractivity contribution is 5.95. The fourth-order valence-electron chi connectivity index (χ4n) is 6.33. The van der Waals surface area contributed by atoms with Crippen molar-refractivity contribution in [3.63, 3.8) is 0 Å². The molecule has 0 saturated heterocycles. The van der Waals surface area contributed by atoms with Gasteiger partial charge in [-0.2, -0.15) is 0 Å². The van der Waals surface area contributed by atoms with Crippen LogP contribution in [0.3, 0.4) is 0 Å². The Kier molecular flexibility index (Phi) is 5.09. The molecule has 0 radical (unpaired) electrons. The summed E-state index contributed by atoms with van der Waals surface area (Å²) in [6.45, 7) is 0. The van der Waals surface area contributed by atoms with Crippen molar-refractivity contribution in [2.24, 2.45) is 0 Å². The van der Waals surface area contributed by atoms with E-state index < -0.39 is 30.2 Å². The molecule has 10 aromatic rings. The molecule has 0 unspecified atom stereocenters. The Morgan fingerprint density at radius 1 is 0.431 bits per heavy atom. The third kappa shape index (κ3) is 5.29. The van der Waals surface area contributed by atoms with Crippen LogP contribution in [0.4, 0.5) is 17.1 Å². The van der Waals surface area contributed by atoms with Gasteiger partial charge in [-0.1, -0.05) is 90.8 Å². The molecule has 0 bridgehead atoms. The predicted octanol–water partition coefficient (Wildman–Crippen LogP) is 12.7. The minimum atomic E-state index is -0.521. The summed E-state index contributed by atoms with van der Waals surface area (Å²) in [5.74, 6) is 0.985. The Hall–Kier alpha value is -6.98. The van der Waals surface area contributed by atoms with Gasteiger partial charge in [-0.15, -0.1) is 0 Å². The summed E-state index contributed by atoms with van der Waals surface area (Å²) in [6.07, 6.45) is 0. The third-order valence-electron chi connectivity index (χ3n) is 8.83. The average molecular weight is 664 g/mol. The Labute approximate surface area is 304 Å². The monoisotopic (exact) mass is 663 g/mol. The van der Waals surface area contributed by atoms with Gasteiger partial charge in [0.15, 0.2) is 11.2 Å². The smallest absolute Gasteiger partial charge is 0.227 e. The van der Waals surface area contributed by atoms with Gasteiger partial charge in [-0.05, 0) is 105 Å². The molecule has 240 valence electrons. The van der Waals surface area contributed by atoms with Crippen molar-refractivity contribution in [2.45, 2.75) is 0 Å². The van der Waals surface area contributed by atoms with Gasteiger partial charge in [-0.3, -0.25) is 0 Å². The van der Waals surface area contributed by atoms with E-state index in [-0.39, 0.29) is 34.5 Å². The lowest BCUT2D eigenvalue weighted by molar-refractivity contribution is 0.620. The molecule has 10 rings (SSSR count). The van der Waals surface area contributed by atoms with Gasteiger partial charge in [0.1, 0.15) is 11.0 Å². The fraction of sp³-hybridized carbons (Fsp3) is 0. The Bertz CT molecular complexity index is 3220. The van der Waals surface area contributed by atoms with Crippen molar-refractivity contribution in [1.82, 2.24) is 9.97 Å². The van der Waals surface area contributed by atoms with E-state index in [0.29, 0.717) is 56.0 Å². The fourth-order valence-corrected chi connectivity index (χ4v) is 6.33. The molecule has 0 atom stereocenters. The summed E-state index contributed by atoms with van der Waals surface area (Å²) in [7, 11) is 0. The van der Waals surface area contributed by atoms with Gasteiger partial charge in [0.05, 0.1) is 11.0 Å². The first-order chi connectivity index (χ1) is 28.5. The molecule has 0 fully saturated rings. The van der Waals surface area contributed by atoms with E-state index in [9.17, 15) is 1.37 Å². The number of anilines is 3. The zero-order chi connectivity index (χ0) is 40.7. The van der Waals surface area contributed by atoms with Crippen LogP contribution in [0.25, 0.3) is 77.8 Å². The molecule has 0 aliphatic heterocycles. The third-order valence-corrected chi connectivity index (χ3v) is 8.83. The number of hydrogen-bond donors (Lipinski definition) is 0. The van der Waals surface area contributed by atoms with Crippen molar-refractivity contribution >= 4 is 60.8 Å². The molecule has 2 heterocycles. The highest BCUT2D eigenvalue weighted by Crippen LogP contribution is 2.40. The molecular weight excluding hydrogens is 627 g/mol. The Balaban J connectivity index is 1.13. The molecule has 0 saturated carbocycles. The van der Waals surface area contributed by atoms with Crippen LogP contribution in [0.1, 0.15) is 11.0 Å². The van der Waals surface area contributed by atoms with Crippen molar-refractivity contribution in [2.75, 3.05) is 4.90 Å². The molecule has 2 aromatic heterocycles. The van der Waals surface area contributed by atoms with E-state index >= 15 is 0 Å². The summed E-state index contributed by atoms with van der Waals surface area (Å²) < 4.78 is 81.7. The van der Waals surface area contributed by atoms with Crippen LogP contribution in [-0.2, 0) is 0 Å². The molecule has 5 heteroatoms. The lowest BCUT2D eigenvalue weighted by atomic mass is 9.98. The SMILES string of the molecule is [2H]c1c([2H])c([2H])c2c([2H])c(-c3ccc4cc(N(c5ccc6nc(-c7ccccc7)oc6c5)c5ccc6nc(-c7ccccc7)oc6c5)cc([2H])c4c3)c([2H])c([2H])c2c1[2H]. The topological polar surface area (TPSA) is 55.3 Å². The van der Waals surface area contributed by atoms with Crippen molar-refractivity contribution in [1.29, 1.82) is 0 Å². The zero-order valence-corrected chi connectivity index (χ0v) is 26.8. The highest BCUT2D eigenvalue weighted by atomic mass is 16.4. The van der Waals surface area contributed by atoms with Gasteiger partial charge >= 0.3 is 0 Å². The molecular formula is C46H29N3O2. The quantitative estimate of drug-likeness (QED) is 0.177. The summed E-state index contributed by atoms with van der Waals surface area (Å²) in [6, 6.07) is 36.9. The molecule has 0 spiro atoms. The van der Waals surface area contributed by atoms with Gasteiger partial charge in [0.25, 0.3) is 0 Å². The van der Waals surface area contributed by atoms with Crippen LogP contribution >= 0.6 is 0 Å². The number of oxazole rings is 2. The molecule has 0 N–H and O–H groups in total. The Morgan fingerprint density at radius 3 is 1.69 bits per heavy atom. The minimum absolute atomic E-state index is 0.0463. The van der Waals surface area contributed by atoms with E-state index in [1.165, 1.54) is 0 Å². The van der Waals surface area contributed by atoms with Crippen molar-refractivity contribution in [3.8, 4) is 34.0 Å². The van der Waals surface area contributed by atoms with Crippen molar-refractivity contribution in [3.05, 3.63) is 176 Å². The summed E-state index contributed by atoms with van der Waals surface area (Å²) in [5.41, 5.74) is 6.73. The second kappa shape index (κ2) is 11.9. The summed E-state index contributed by atoms with van der Waals surface area (Å²) >= 11 is 0. The molecule has 8 aromatic carbocycles. The first-order valence-electron chi connectivity index (χ1n) is 20.3. The standard InChI is InChI=1S/C46H29N3O2/c1-3-10-31(11-4-1)45-47-41-23-21-39(28-43(41)50-45)49(40-22-24-42-44(29-40)51-46(48-42)32-12-5-2-6-13-32)38-20-19-36-26-35(17-18-37(36)27-38)34-16-15-30-9-7-8-14-33(30)25-34/h1-29H/i7D,8D,9D,14D,15D,16D,19D,25D. The number of rotatable bonds is 6. The molecule has 0 amide bonds. The van der Waals surface area contributed by atoms with Crippen molar-refractivity contribution < 1.29 is 19.8 Å². The number of nitrogens with zero attached hydrogens (tertiary/aromatic N) is 3. The number of benzene rings is 8. The maximum Gasteiger partial charge on any atom is 0.227 e. The lowest BCUT2D eigenvalue weighted by Gasteiger charge is -2.25. The molecule has 0 aliphatic rings. The van der Waals surface area contributed by atoms with E-state index in [0.717, 1.165) is 22.5 Å². The Morgan fingerprint density at radius 2 is 1.04 bits per heavy atom. The normalized spacial score (nSPS) is 13.7. The average Bonchev–Trinajstić information content (AvgIpc) is 3.89. The van der Waals surface area contributed by atoms with Crippen LogP contribution in [0, 0.1) is 0 Å². The zero-order valence-electron chi connectivity index (χ0n) is 34.8. The van der Waals surface area contributed by atoms with E-state index in [4.69, 9.17) is 28.4 Å². The summed E-state index contributed by atoms with van der Waals surface area (Å²) in [4.78, 5) is 11.4. The predicted molar refractivity (Wildman–Crippen MR) is 208 cm³/mol.